The summed E-state index contributed by atoms with van der Waals surface area (Å²) in [6, 6.07) is 0. The van der Waals surface area contributed by atoms with Crippen LogP contribution in [0.15, 0.2) is 0 Å². The molecular weight excluding hydrogens is 175 g/mol. The van der Waals surface area contributed by atoms with E-state index in [1.165, 1.54) is 0 Å². The molecule has 1 N–H and O–H groups in total. The van der Waals surface area contributed by atoms with Gasteiger partial charge in [-0.2, -0.15) is 0 Å². The first-order chi connectivity index (χ1) is 5.45. The normalized spacial score (nSPS) is 13.2. The standard InChI is InChI=1S/C10H20O2.Na.H/c1-9(6-8-11)5-4-7-10(2,3)12;;/h8-9,12H,4-7H2,1-3H3;;/q;+1;-1. The molecule has 3 heteroatoms. The van der Waals surface area contributed by atoms with Crippen LogP contribution in [0.5, 0.6) is 0 Å². The van der Waals surface area contributed by atoms with Gasteiger partial charge in [0.25, 0.3) is 0 Å². The van der Waals surface area contributed by atoms with Crippen LogP contribution < -0.4 is 29.6 Å². The fourth-order valence-electron chi connectivity index (χ4n) is 1.17. The number of hydrogen-bond donors (Lipinski definition) is 1. The van der Waals surface area contributed by atoms with E-state index in [0.29, 0.717) is 12.3 Å². The van der Waals surface area contributed by atoms with Crippen molar-refractivity contribution in [1.29, 1.82) is 0 Å². The quantitative estimate of drug-likeness (QED) is 0.449. The topological polar surface area (TPSA) is 37.3 Å². The fourth-order valence-corrected chi connectivity index (χ4v) is 1.17. The Balaban J connectivity index is -0.000000605. The molecule has 0 bridgehead atoms. The third-order valence-electron chi connectivity index (χ3n) is 1.98. The zero-order valence-electron chi connectivity index (χ0n) is 10.3. The Bertz CT molecular complexity index is 135. The van der Waals surface area contributed by atoms with Gasteiger partial charge in [0.2, 0.25) is 0 Å². The Morgan fingerprint density at radius 2 is 2.08 bits per heavy atom. The molecule has 1 unspecified atom stereocenters. The van der Waals surface area contributed by atoms with Gasteiger partial charge in [-0.05, 0) is 26.2 Å². The van der Waals surface area contributed by atoms with E-state index < -0.39 is 5.60 Å². The summed E-state index contributed by atoms with van der Waals surface area (Å²) >= 11 is 0. The summed E-state index contributed by atoms with van der Waals surface area (Å²) in [6.07, 6.45) is 4.46. The van der Waals surface area contributed by atoms with Crippen molar-refractivity contribution < 1.29 is 40.9 Å². The molecular formula is C10H21NaO2. The van der Waals surface area contributed by atoms with Crippen LogP contribution in [0.25, 0.3) is 0 Å². The van der Waals surface area contributed by atoms with Crippen LogP contribution >= 0.6 is 0 Å². The summed E-state index contributed by atoms with van der Waals surface area (Å²) < 4.78 is 0. The molecule has 0 rings (SSSR count). The summed E-state index contributed by atoms with van der Waals surface area (Å²) in [5.74, 6) is 0.463. The first-order valence-electron chi connectivity index (χ1n) is 4.61. The summed E-state index contributed by atoms with van der Waals surface area (Å²) in [5.41, 5.74) is -0.555. The van der Waals surface area contributed by atoms with Gasteiger partial charge in [-0.3, -0.25) is 0 Å². The molecule has 0 saturated heterocycles. The Labute approximate surface area is 105 Å². The maximum absolute atomic E-state index is 10.1. The molecule has 0 amide bonds. The van der Waals surface area contributed by atoms with Gasteiger partial charge >= 0.3 is 29.6 Å². The van der Waals surface area contributed by atoms with Crippen molar-refractivity contribution in [1.82, 2.24) is 0 Å². The molecule has 0 aromatic rings. The first-order valence-corrected chi connectivity index (χ1v) is 4.61. The number of hydrogen-bond acceptors (Lipinski definition) is 2. The van der Waals surface area contributed by atoms with Crippen LogP contribution in [0.4, 0.5) is 0 Å². The molecule has 0 aromatic heterocycles. The monoisotopic (exact) mass is 196 g/mol. The molecule has 1 atom stereocenters. The Morgan fingerprint density at radius 3 is 2.46 bits per heavy atom. The Hall–Kier alpha value is 0.630. The van der Waals surface area contributed by atoms with E-state index in [-0.39, 0.29) is 31.0 Å². The van der Waals surface area contributed by atoms with E-state index in [1.807, 2.05) is 13.8 Å². The third kappa shape index (κ3) is 12.6. The summed E-state index contributed by atoms with van der Waals surface area (Å²) in [6.45, 7) is 5.70. The molecule has 2 nitrogen and oxygen atoms in total. The van der Waals surface area contributed by atoms with Crippen LogP contribution in [0, 0.1) is 5.92 Å². The van der Waals surface area contributed by atoms with Crippen molar-refractivity contribution in [3.05, 3.63) is 0 Å². The molecule has 0 aromatic carbocycles. The number of rotatable bonds is 6. The van der Waals surface area contributed by atoms with Gasteiger partial charge in [0.05, 0.1) is 5.60 Å². The van der Waals surface area contributed by atoms with Crippen LogP contribution in [0.2, 0.25) is 0 Å². The summed E-state index contributed by atoms with van der Waals surface area (Å²) in [5, 5.41) is 9.39. The van der Waals surface area contributed by atoms with E-state index in [0.717, 1.165) is 25.5 Å². The third-order valence-corrected chi connectivity index (χ3v) is 1.98. The van der Waals surface area contributed by atoms with Gasteiger partial charge in [-0.1, -0.05) is 19.8 Å². The van der Waals surface area contributed by atoms with Gasteiger partial charge in [0.1, 0.15) is 6.29 Å². The molecule has 0 fully saturated rings. The second-order valence-corrected chi connectivity index (χ2v) is 4.21. The summed E-state index contributed by atoms with van der Waals surface area (Å²) in [4.78, 5) is 10.1. The van der Waals surface area contributed by atoms with E-state index in [2.05, 4.69) is 6.92 Å². The van der Waals surface area contributed by atoms with E-state index >= 15 is 0 Å². The summed E-state index contributed by atoms with van der Waals surface area (Å²) in [7, 11) is 0. The van der Waals surface area contributed by atoms with Crippen LogP contribution in [-0.2, 0) is 4.79 Å². The van der Waals surface area contributed by atoms with Gasteiger partial charge < -0.3 is 11.3 Å². The molecule has 0 heterocycles. The van der Waals surface area contributed by atoms with Gasteiger partial charge in [0, 0.05) is 6.42 Å². The van der Waals surface area contributed by atoms with Crippen LogP contribution in [0.3, 0.4) is 0 Å². The maximum Gasteiger partial charge on any atom is 1.00 e. The number of aldehydes is 1. The average molecular weight is 196 g/mol. The minimum atomic E-state index is -0.555. The molecule has 0 aliphatic carbocycles. The molecule has 0 aliphatic rings. The number of carbonyl (C=O) groups is 1. The fraction of sp³-hybridized carbons (Fsp3) is 0.900. The molecule has 0 radical (unpaired) electrons. The molecule has 74 valence electrons. The number of aliphatic hydroxyl groups is 1. The number of carbonyl (C=O) groups excluding carboxylic acids is 1. The minimum absolute atomic E-state index is 0. The zero-order valence-corrected chi connectivity index (χ0v) is 11.3. The van der Waals surface area contributed by atoms with Crippen molar-refractivity contribution >= 4 is 6.29 Å². The van der Waals surface area contributed by atoms with Crippen LogP contribution in [-0.4, -0.2) is 17.0 Å². The van der Waals surface area contributed by atoms with E-state index in [4.69, 9.17) is 0 Å². The first kappa shape index (κ1) is 16.1. The SMILES string of the molecule is CC(CC=O)CCCC(C)(C)O.[H-].[Na+]. The molecule has 0 aliphatic heterocycles. The van der Waals surface area contributed by atoms with Gasteiger partial charge in [0.15, 0.2) is 0 Å². The predicted molar refractivity (Wildman–Crippen MR) is 51.1 cm³/mol. The minimum Gasteiger partial charge on any atom is -1.00 e. The van der Waals surface area contributed by atoms with Crippen molar-refractivity contribution in [3.8, 4) is 0 Å². The van der Waals surface area contributed by atoms with E-state index in [9.17, 15) is 9.90 Å². The maximum atomic E-state index is 10.1. The zero-order chi connectivity index (χ0) is 9.61. The molecule has 0 saturated carbocycles. The predicted octanol–water partition coefficient (Wildman–Crippen LogP) is -0.731. The van der Waals surface area contributed by atoms with Crippen molar-refractivity contribution in [2.45, 2.75) is 52.1 Å². The van der Waals surface area contributed by atoms with Gasteiger partial charge in [-0.25, -0.2) is 0 Å². The molecule has 13 heavy (non-hydrogen) atoms. The average Bonchev–Trinajstić information content (AvgIpc) is 1.84. The van der Waals surface area contributed by atoms with Crippen molar-refractivity contribution in [2.24, 2.45) is 5.92 Å². The van der Waals surface area contributed by atoms with Crippen molar-refractivity contribution in [3.63, 3.8) is 0 Å². The smallest absolute Gasteiger partial charge is 1.00 e. The van der Waals surface area contributed by atoms with Crippen molar-refractivity contribution in [2.75, 3.05) is 0 Å². The Kier molecular flexibility index (Phi) is 9.87. The Morgan fingerprint density at radius 1 is 1.54 bits per heavy atom. The van der Waals surface area contributed by atoms with E-state index in [1.54, 1.807) is 0 Å². The molecule has 0 spiro atoms. The van der Waals surface area contributed by atoms with Gasteiger partial charge in [-0.15, -0.1) is 0 Å². The largest absolute Gasteiger partial charge is 1.00 e. The second kappa shape index (κ2) is 7.98. The second-order valence-electron chi connectivity index (χ2n) is 4.21. The van der Waals surface area contributed by atoms with Crippen LogP contribution in [0.1, 0.15) is 47.9 Å².